The van der Waals surface area contributed by atoms with E-state index in [1.54, 1.807) is 23.0 Å². The summed E-state index contributed by atoms with van der Waals surface area (Å²) in [6, 6.07) is 13.0. The maximum absolute atomic E-state index is 12.5. The van der Waals surface area contributed by atoms with E-state index in [9.17, 15) is 17.4 Å². The van der Waals surface area contributed by atoms with E-state index in [4.69, 9.17) is 9.15 Å². The van der Waals surface area contributed by atoms with E-state index < -0.39 is 16.3 Å². The molecular formula is C24H22F3N5O3S. The van der Waals surface area contributed by atoms with Crippen LogP contribution in [0.4, 0.5) is 13.2 Å². The predicted octanol–water partition coefficient (Wildman–Crippen LogP) is 4.43. The molecule has 188 valence electrons. The molecule has 0 aliphatic carbocycles. The molecule has 1 atom stereocenters. The zero-order valence-corrected chi connectivity index (χ0v) is 19.7. The molecule has 0 saturated carbocycles. The summed E-state index contributed by atoms with van der Waals surface area (Å²) in [6.45, 7) is 2.45. The number of ether oxygens (including phenoxy) is 1. The van der Waals surface area contributed by atoms with Gasteiger partial charge in [-0.25, -0.2) is 9.19 Å². The van der Waals surface area contributed by atoms with Crippen molar-refractivity contribution in [2.75, 3.05) is 6.54 Å². The first-order chi connectivity index (χ1) is 17.4. The van der Waals surface area contributed by atoms with Gasteiger partial charge in [0.25, 0.3) is 0 Å². The fourth-order valence-corrected chi connectivity index (χ4v) is 3.76. The van der Waals surface area contributed by atoms with Gasteiger partial charge >= 0.3 is 5.51 Å². The molecule has 0 aliphatic rings. The van der Waals surface area contributed by atoms with E-state index >= 15 is 0 Å². The molecule has 1 unspecified atom stereocenters. The average Bonchev–Trinajstić information content (AvgIpc) is 3.56. The van der Waals surface area contributed by atoms with E-state index in [2.05, 4.69) is 20.6 Å². The number of benzene rings is 2. The van der Waals surface area contributed by atoms with Gasteiger partial charge in [-0.05, 0) is 41.5 Å². The van der Waals surface area contributed by atoms with Crippen LogP contribution in [0.25, 0.3) is 12.2 Å². The molecule has 12 heteroatoms. The Balaban J connectivity index is 1.22. The van der Waals surface area contributed by atoms with Crippen LogP contribution >= 0.6 is 0 Å². The van der Waals surface area contributed by atoms with Crippen molar-refractivity contribution in [2.24, 2.45) is 0 Å². The fraction of sp³-hybridized carbons (Fsp3) is 0.208. The van der Waals surface area contributed by atoms with E-state index in [0.717, 1.165) is 25.2 Å². The number of oxazole rings is 1. The van der Waals surface area contributed by atoms with Gasteiger partial charge in [0.2, 0.25) is 5.89 Å². The fourth-order valence-electron chi connectivity index (χ4n) is 3.11. The van der Waals surface area contributed by atoms with Gasteiger partial charge in [-0.3, -0.25) is 4.68 Å². The number of hydrogen-bond donors (Lipinski definition) is 1. The second kappa shape index (κ2) is 11.8. The Morgan fingerprint density at radius 2 is 1.86 bits per heavy atom. The summed E-state index contributed by atoms with van der Waals surface area (Å²) in [7, 11) is -3.05. The topological polar surface area (TPSA) is 95.1 Å². The summed E-state index contributed by atoms with van der Waals surface area (Å²) in [5, 5.41) is 11.0. The van der Waals surface area contributed by atoms with Crippen molar-refractivity contribution < 1.29 is 26.5 Å². The molecule has 2 aromatic carbocycles. The summed E-state index contributed by atoms with van der Waals surface area (Å²) in [4.78, 5) is 4.01. The van der Waals surface area contributed by atoms with E-state index in [0.29, 0.717) is 22.9 Å². The first kappa shape index (κ1) is 25.3. The van der Waals surface area contributed by atoms with E-state index in [1.165, 1.54) is 30.5 Å². The third kappa shape index (κ3) is 7.36. The molecule has 0 radical (unpaired) electrons. The minimum atomic E-state index is -4.79. The Labute approximate surface area is 207 Å². The van der Waals surface area contributed by atoms with Crippen molar-refractivity contribution in [3.63, 3.8) is 0 Å². The van der Waals surface area contributed by atoms with Gasteiger partial charge in [-0.15, -0.1) is 5.10 Å². The number of hydrogen-bond acceptors (Lipinski definition) is 7. The van der Waals surface area contributed by atoms with Crippen LogP contribution < -0.4 is 10.1 Å². The lowest BCUT2D eigenvalue weighted by molar-refractivity contribution is -0.0384. The van der Waals surface area contributed by atoms with Gasteiger partial charge in [0.05, 0.1) is 12.7 Å². The highest BCUT2D eigenvalue weighted by atomic mass is 32.2. The second-order valence-corrected chi connectivity index (χ2v) is 9.04. The van der Waals surface area contributed by atoms with Gasteiger partial charge in [0.15, 0.2) is 10.8 Å². The van der Waals surface area contributed by atoms with Crippen molar-refractivity contribution in [2.45, 2.75) is 30.1 Å². The standard InChI is InChI=1S/C24H22F3N5O3S/c25-24(26,27)36(33)22-8-3-18(4-9-22)5-10-23-30-20(17-35-23)16-34-21-6-1-19(2-7-21)15-28-11-13-32-14-12-29-31-32/h1-10,12,14,17,28H,11,13,15-16H2. The third-order valence-electron chi connectivity index (χ3n) is 4.92. The SMILES string of the molecule is O=S(c1ccc(C=Cc2nc(COc3ccc(CNCCn4ccnn4)cc3)co2)cc1)C(F)(F)F. The van der Waals surface area contributed by atoms with Crippen LogP contribution in [-0.2, 0) is 30.5 Å². The minimum Gasteiger partial charge on any atom is -0.487 e. The summed E-state index contributed by atoms with van der Waals surface area (Å²) in [5.74, 6) is 1.02. The molecule has 0 aliphatic heterocycles. The largest absolute Gasteiger partial charge is 0.487 e. The lowest BCUT2D eigenvalue weighted by Gasteiger charge is -2.07. The molecule has 0 spiro atoms. The van der Waals surface area contributed by atoms with Crippen LogP contribution in [0.1, 0.15) is 22.7 Å². The molecule has 4 rings (SSSR count). The minimum absolute atomic E-state index is 0.213. The molecule has 1 N–H and O–H groups in total. The highest BCUT2D eigenvalue weighted by Gasteiger charge is 2.37. The quantitative estimate of drug-likeness (QED) is 0.294. The molecule has 0 amide bonds. The summed E-state index contributed by atoms with van der Waals surface area (Å²) in [6.07, 6.45) is 8.16. The van der Waals surface area contributed by atoms with Crippen LogP contribution in [-0.4, -0.2) is 36.2 Å². The van der Waals surface area contributed by atoms with Crippen LogP contribution in [0.15, 0.2) is 76.5 Å². The van der Waals surface area contributed by atoms with Crippen molar-refractivity contribution in [1.29, 1.82) is 0 Å². The van der Waals surface area contributed by atoms with Crippen molar-refractivity contribution in [3.05, 3.63) is 89.9 Å². The van der Waals surface area contributed by atoms with Gasteiger partial charge in [-0.2, -0.15) is 13.2 Å². The zero-order valence-electron chi connectivity index (χ0n) is 18.9. The van der Waals surface area contributed by atoms with Gasteiger partial charge in [0.1, 0.15) is 24.3 Å². The number of nitrogens with zero attached hydrogens (tertiary/aromatic N) is 4. The number of halogens is 3. The maximum atomic E-state index is 12.5. The smallest absolute Gasteiger partial charge is 0.475 e. The Morgan fingerprint density at radius 3 is 2.56 bits per heavy atom. The molecule has 4 aromatic rings. The molecule has 2 aromatic heterocycles. The van der Waals surface area contributed by atoms with Crippen molar-refractivity contribution >= 4 is 23.0 Å². The maximum Gasteiger partial charge on any atom is 0.475 e. The average molecular weight is 518 g/mol. The van der Waals surface area contributed by atoms with Crippen molar-refractivity contribution in [1.82, 2.24) is 25.3 Å². The Hall–Kier alpha value is -3.77. The van der Waals surface area contributed by atoms with Gasteiger partial charge in [-0.1, -0.05) is 29.5 Å². The molecule has 0 bridgehead atoms. The van der Waals surface area contributed by atoms with Crippen LogP contribution in [0.5, 0.6) is 5.75 Å². The van der Waals surface area contributed by atoms with Gasteiger partial charge in [0, 0.05) is 30.3 Å². The molecule has 36 heavy (non-hydrogen) atoms. The van der Waals surface area contributed by atoms with Crippen LogP contribution in [0, 0.1) is 0 Å². The van der Waals surface area contributed by atoms with Crippen LogP contribution in [0.3, 0.4) is 0 Å². The number of alkyl halides is 3. The van der Waals surface area contributed by atoms with Crippen LogP contribution in [0.2, 0.25) is 0 Å². The lowest BCUT2D eigenvalue weighted by Crippen LogP contribution is -2.19. The van der Waals surface area contributed by atoms with Crippen molar-refractivity contribution in [3.8, 4) is 5.75 Å². The molecule has 0 fully saturated rings. The Kier molecular flexibility index (Phi) is 8.28. The molecule has 8 nitrogen and oxygen atoms in total. The molecule has 2 heterocycles. The molecular weight excluding hydrogens is 495 g/mol. The van der Waals surface area contributed by atoms with E-state index in [1.807, 2.05) is 30.5 Å². The molecule has 0 saturated heterocycles. The Morgan fingerprint density at radius 1 is 1.08 bits per heavy atom. The highest BCUT2D eigenvalue weighted by molar-refractivity contribution is 7.86. The first-order valence-electron chi connectivity index (χ1n) is 10.8. The third-order valence-corrected chi connectivity index (χ3v) is 6.04. The number of aromatic nitrogens is 4. The monoisotopic (exact) mass is 517 g/mol. The summed E-state index contributed by atoms with van der Waals surface area (Å²) < 4.78 is 61.9. The van der Waals surface area contributed by atoms with E-state index in [-0.39, 0.29) is 11.5 Å². The predicted molar refractivity (Wildman–Crippen MR) is 127 cm³/mol. The lowest BCUT2D eigenvalue weighted by atomic mass is 10.2. The Bertz CT molecular complexity index is 1290. The normalized spacial score (nSPS) is 12.8. The first-order valence-corrected chi connectivity index (χ1v) is 12.0. The summed E-state index contributed by atoms with van der Waals surface area (Å²) >= 11 is 0. The summed E-state index contributed by atoms with van der Waals surface area (Å²) in [5.41, 5.74) is -2.47. The number of rotatable bonds is 11. The second-order valence-electron chi connectivity index (χ2n) is 7.57. The zero-order chi connectivity index (χ0) is 25.4. The highest BCUT2D eigenvalue weighted by Crippen LogP contribution is 2.26. The number of nitrogens with one attached hydrogen (secondary N) is 1. The van der Waals surface area contributed by atoms with Gasteiger partial charge < -0.3 is 14.5 Å².